The van der Waals surface area contributed by atoms with Crippen molar-refractivity contribution in [3.05, 3.63) is 35.4 Å². The van der Waals surface area contributed by atoms with E-state index in [2.05, 4.69) is 0 Å². The van der Waals surface area contributed by atoms with Crippen molar-refractivity contribution in [1.29, 1.82) is 0 Å². The second-order valence-corrected chi connectivity index (χ2v) is 7.09. The fourth-order valence-electron chi connectivity index (χ4n) is 1.99. The van der Waals surface area contributed by atoms with Crippen LogP contribution in [-0.4, -0.2) is 25.8 Å². The molecule has 1 aromatic carbocycles. The zero-order valence-corrected chi connectivity index (χ0v) is 12.8. The molecule has 0 bridgehead atoms. The molecule has 0 heterocycles. The molecule has 0 atom stereocenters. The molecule has 0 radical (unpaired) electrons. The first kappa shape index (κ1) is 16.1. The monoisotopic (exact) mass is 284 g/mol. The van der Waals surface area contributed by atoms with E-state index < -0.39 is 10.0 Å². The number of rotatable bonds is 7. The minimum absolute atomic E-state index is 0.0431. The second-order valence-electron chi connectivity index (χ2n) is 5.12. The van der Waals surface area contributed by atoms with Crippen LogP contribution in [0.3, 0.4) is 0 Å². The lowest BCUT2D eigenvalue weighted by atomic mass is 10.1. The maximum Gasteiger partial charge on any atom is 0.218 e. The van der Waals surface area contributed by atoms with Gasteiger partial charge in [0.1, 0.15) is 0 Å². The fraction of sp³-hybridized carbons (Fsp3) is 0.571. The Balaban J connectivity index is 2.88. The molecule has 19 heavy (non-hydrogen) atoms. The van der Waals surface area contributed by atoms with Gasteiger partial charge >= 0.3 is 0 Å². The Bertz CT molecular complexity index is 498. The molecule has 0 amide bonds. The highest BCUT2D eigenvalue weighted by atomic mass is 32.2. The van der Waals surface area contributed by atoms with Gasteiger partial charge in [-0.1, -0.05) is 45.0 Å². The Hall–Kier alpha value is -0.910. The Kier molecular flexibility index (Phi) is 5.97. The first-order valence-corrected chi connectivity index (χ1v) is 8.25. The third-order valence-electron chi connectivity index (χ3n) is 2.89. The number of nitrogens with zero attached hydrogens (tertiary/aromatic N) is 1. The summed E-state index contributed by atoms with van der Waals surface area (Å²) >= 11 is 0. The molecule has 1 rings (SSSR count). The van der Waals surface area contributed by atoms with E-state index in [9.17, 15) is 8.42 Å². The van der Waals surface area contributed by atoms with Gasteiger partial charge in [-0.05, 0) is 17.0 Å². The first-order valence-electron chi connectivity index (χ1n) is 6.64. The van der Waals surface area contributed by atoms with Crippen molar-refractivity contribution in [2.75, 3.05) is 13.1 Å². The molecule has 1 aromatic rings. The van der Waals surface area contributed by atoms with Crippen molar-refractivity contribution in [3.63, 3.8) is 0 Å². The van der Waals surface area contributed by atoms with E-state index in [0.29, 0.717) is 25.6 Å². The highest BCUT2D eigenvalue weighted by Gasteiger charge is 2.21. The van der Waals surface area contributed by atoms with E-state index >= 15 is 0 Å². The average molecular weight is 284 g/mol. The smallest absolute Gasteiger partial charge is 0.218 e. The van der Waals surface area contributed by atoms with Gasteiger partial charge in [0.25, 0.3) is 0 Å². The molecule has 0 spiro atoms. The van der Waals surface area contributed by atoms with Gasteiger partial charge < -0.3 is 5.73 Å². The van der Waals surface area contributed by atoms with Crippen LogP contribution in [0.5, 0.6) is 0 Å². The number of hydrogen-bond acceptors (Lipinski definition) is 3. The van der Waals surface area contributed by atoms with Crippen molar-refractivity contribution in [2.24, 2.45) is 11.7 Å². The summed E-state index contributed by atoms with van der Waals surface area (Å²) in [4.78, 5) is 0. The molecule has 0 unspecified atom stereocenters. The Morgan fingerprint density at radius 3 is 2.42 bits per heavy atom. The molecule has 0 saturated carbocycles. The van der Waals surface area contributed by atoms with E-state index in [-0.39, 0.29) is 5.75 Å². The summed E-state index contributed by atoms with van der Waals surface area (Å²) in [5.41, 5.74) is 7.33. The average Bonchev–Trinajstić information content (AvgIpc) is 2.35. The standard InChI is InChI=1S/C14H24N2O2S/c1-4-16(10-12(2)3)19(17,18)11-14-7-5-6-13(8-14)9-15/h5-8,12H,4,9-11,15H2,1-3H3. The van der Waals surface area contributed by atoms with Crippen LogP contribution in [-0.2, 0) is 22.3 Å². The van der Waals surface area contributed by atoms with E-state index in [4.69, 9.17) is 5.73 Å². The topological polar surface area (TPSA) is 63.4 Å². The third kappa shape index (κ3) is 4.93. The van der Waals surface area contributed by atoms with Crippen molar-refractivity contribution in [2.45, 2.75) is 33.1 Å². The first-order chi connectivity index (χ1) is 8.89. The summed E-state index contributed by atoms with van der Waals surface area (Å²) in [6.45, 7) is 7.42. The zero-order chi connectivity index (χ0) is 14.5. The highest BCUT2D eigenvalue weighted by Crippen LogP contribution is 2.14. The molecule has 0 saturated heterocycles. The lowest BCUT2D eigenvalue weighted by molar-refractivity contribution is 0.380. The molecule has 5 heteroatoms. The Morgan fingerprint density at radius 1 is 1.26 bits per heavy atom. The second kappa shape index (κ2) is 7.03. The van der Waals surface area contributed by atoms with Gasteiger partial charge in [-0.3, -0.25) is 0 Å². The van der Waals surface area contributed by atoms with Gasteiger partial charge in [-0.25, -0.2) is 12.7 Å². The summed E-state index contributed by atoms with van der Waals surface area (Å²) in [7, 11) is -3.25. The lowest BCUT2D eigenvalue weighted by Gasteiger charge is -2.22. The van der Waals surface area contributed by atoms with Crippen molar-refractivity contribution in [1.82, 2.24) is 4.31 Å². The molecular weight excluding hydrogens is 260 g/mol. The fourth-order valence-corrected chi connectivity index (χ4v) is 3.70. The van der Waals surface area contributed by atoms with Crippen LogP contribution in [0.25, 0.3) is 0 Å². The number of benzene rings is 1. The third-order valence-corrected chi connectivity index (χ3v) is 4.78. The quantitative estimate of drug-likeness (QED) is 0.832. The maximum atomic E-state index is 12.4. The zero-order valence-electron chi connectivity index (χ0n) is 12.0. The molecule has 108 valence electrons. The Labute approximate surface area is 116 Å². The lowest BCUT2D eigenvalue weighted by Crippen LogP contribution is -2.34. The van der Waals surface area contributed by atoms with Gasteiger partial charge in [0.15, 0.2) is 0 Å². The summed E-state index contributed by atoms with van der Waals surface area (Å²) in [6.07, 6.45) is 0. The van der Waals surface area contributed by atoms with Crippen LogP contribution in [0.15, 0.2) is 24.3 Å². The van der Waals surface area contributed by atoms with E-state index in [0.717, 1.165) is 11.1 Å². The van der Waals surface area contributed by atoms with Crippen molar-refractivity contribution < 1.29 is 8.42 Å². The van der Waals surface area contributed by atoms with Crippen LogP contribution in [0, 0.1) is 5.92 Å². The van der Waals surface area contributed by atoms with Crippen LogP contribution in [0.1, 0.15) is 31.9 Å². The predicted molar refractivity (Wildman–Crippen MR) is 79.0 cm³/mol. The molecule has 0 aromatic heterocycles. The van der Waals surface area contributed by atoms with Gasteiger partial charge in [0.05, 0.1) is 5.75 Å². The summed E-state index contributed by atoms with van der Waals surface area (Å²) < 4.78 is 26.3. The summed E-state index contributed by atoms with van der Waals surface area (Å²) in [5.74, 6) is 0.367. The molecule has 0 aliphatic rings. The number of hydrogen-bond donors (Lipinski definition) is 1. The molecule has 2 N–H and O–H groups in total. The minimum Gasteiger partial charge on any atom is -0.326 e. The maximum absolute atomic E-state index is 12.4. The van der Waals surface area contributed by atoms with Gasteiger partial charge in [-0.15, -0.1) is 0 Å². The predicted octanol–water partition coefficient (Wildman–Crippen LogP) is 1.95. The molecule has 0 aliphatic carbocycles. The summed E-state index contributed by atoms with van der Waals surface area (Å²) in [5, 5.41) is 0. The molecular formula is C14H24N2O2S. The van der Waals surface area contributed by atoms with E-state index in [1.807, 2.05) is 45.0 Å². The van der Waals surface area contributed by atoms with Gasteiger partial charge in [-0.2, -0.15) is 0 Å². The van der Waals surface area contributed by atoms with Crippen LogP contribution in [0.4, 0.5) is 0 Å². The van der Waals surface area contributed by atoms with Gasteiger partial charge in [0.2, 0.25) is 10.0 Å². The largest absolute Gasteiger partial charge is 0.326 e. The number of nitrogens with two attached hydrogens (primary N) is 1. The molecule has 0 fully saturated rings. The minimum atomic E-state index is -3.25. The van der Waals surface area contributed by atoms with Crippen LogP contribution < -0.4 is 5.73 Å². The number of sulfonamides is 1. The van der Waals surface area contributed by atoms with Crippen molar-refractivity contribution >= 4 is 10.0 Å². The normalized spacial score (nSPS) is 12.3. The SMILES string of the molecule is CCN(CC(C)C)S(=O)(=O)Cc1cccc(CN)c1. The van der Waals surface area contributed by atoms with Crippen LogP contribution in [0.2, 0.25) is 0 Å². The van der Waals surface area contributed by atoms with Crippen molar-refractivity contribution in [3.8, 4) is 0 Å². The van der Waals surface area contributed by atoms with E-state index in [1.54, 1.807) is 4.31 Å². The Morgan fingerprint density at radius 2 is 1.89 bits per heavy atom. The molecule has 0 aliphatic heterocycles. The molecule has 4 nitrogen and oxygen atoms in total. The van der Waals surface area contributed by atoms with E-state index in [1.165, 1.54) is 0 Å². The van der Waals surface area contributed by atoms with Crippen LogP contribution >= 0.6 is 0 Å². The summed E-state index contributed by atoms with van der Waals surface area (Å²) in [6, 6.07) is 7.45. The highest BCUT2D eigenvalue weighted by molar-refractivity contribution is 7.88. The van der Waals surface area contributed by atoms with Gasteiger partial charge in [0, 0.05) is 19.6 Å².